The first-order valence-electron chi connectivity index (χ1n) is 6.44. The van der Waals surface area contributed by atoms with Crippen LogP contribution in [-0.4, -0.2) is 22.6 Å². The van der Waals surface area contributed by atoms with Gasteiger partial charge in [0.1, 0.15) is 17.9 Å². The molecule has 0 aliphatic rings. The quantitative estimate of drug-likeness (QED) is 0.520. The fourth-order valence-corrected chi connectivity index (χ4v) is 1.75. The summed E-state index contributed by atoms with van der Waals surface area (Å²) in [5.74, 6) is -1.18. The predicted octanol–water partition coefficient (Wildman–Crippen LogP) is 3.17. The van der Waals surface area contributed by atoms with Gasteiger partial charge < -0.3 is 9.84 Å². The molecule has 0 saturated heterocycles. The Balaban J connectivity index is 1.99. The molecule has 0 spiro atoms. The summed E-state index contributed by atoms with van der Waals surface area (Å²) in [4.78, 5) is 21.8. The van der Waals surface area contributed by atoms with E-state index >= 15 is 0 Å². The number of hydrogen-bond donors (Lipinski definition) is 1. The van der Waals surface area contributed by atoms with Crippen LogP contribution in [-0.2, 0) is 4.74 Å². The summed E-state index contributed by atoms with van der Waals surface area (Å²) in [7, 11) is 0. The van der Waals surface area contributed by atoms with Crippen LogP contribution < -0.4 is 0 Å². The number of nitrogens with zero attached hydrogens (tertiary/aromatic N) is 1. The molecule has 1 N–H and O–H groups in total. The molecule has 0 fully saturated rings. The van der Waals surface area contributed by atoms with Crippen LogP contribution in [0.2, 0.25) is 0 Å². The van der Waals surface area contributed by atoms with Gasteiger partial charge in [0.25, 0.3) is 5.69 Å². The first-order chi connectivity index (χ1) is 10.6. The molecule has 0 amide bonds. The van der Waals surface area contributed by atoms with Gasteiger partial charge in [-0.15, -0.1) is 0 Å². The smallest absolute Gasteiger partial charge is 0.342 e. The third-order valence-electron chi connectivity index (χ3n) is 2.83. The highest BCUT2D eigenvalue weighted by Crippen LogP contribution is 2.23. The molecule has 0 aromatic heterocycles. The maximum atomic E-state index is 11.8. The summed E-state index contributed by atoms with van der Waals surface area (Å²) < 4.78 is 4.96. The molecule has 2 rings (SSSR count). The van der Waals surface area contributed by atoms with E-state index in [1.54, 1.807) is 12.2 Å². The van der Waals surface area contributed by atoms with Crippen LogP contribution in [0.5, 0.6) is 5.75 Å². The number of esters is 1. The number of rotatable bonds is 5. The molecule has 0 aliphatic heterocycles. The van der Waals surface area contributed by atoms with E-state index in [2.05, 4.69) is 0 Å². The van der Waals surface area contributed by atoms with Gasteiger partial charge in [0.2, 0.25) is 0 Å². The number of nitro groups is 1. The Hall–Kier alpha value is -3.15. The van der Waals surface area contributed by atoms with Gasteiger partial charge in [-0.05, 0) is 17.7 Å². The molecule has 0 saturated carbocycles. The van der Waals surface area contributed by atoms with E-state index in [-0.39, 0.29) is 23.6 Å². The summed E-state index contributed by atoms with van der Waals surface area (Å²) in [6, 6.07) is 12.6. The van der Waals surface area contributed by atoms with E-state index < -0.39 is 10.9 Å². The number of carbonyl (C=O) groups excluding carboxylic acids is 1. The molecule has 2 aromatic carbocycles. The van der Waals surface area contributed by atoms with Gasteiger partial charge in [-0.3, -0.25) is 10.1 Å². The number of non-ortho nitro benzene ring substituents is 1. The molecule has 6 nitrogen and oxygen atoms in total. The number of aromatic hydroxyl groups is 1. The molecule has 112 valence electrons. The van der Waals surface area contributed by atoms with E-state index in [9.17, 15) is 20.0 Å². The Morgan fingerprint density at radius 1 is 1.23 bits per heavy atom. The third-order valence-corrected chi connectivity index (χ3v) is 2.83. The number of phenols is 1. The number of ether oxygens (including phenoxy) is 1. The molecule has 0 radical (unpaired) electrons. The van der Waals surface area contributed by atoms with E-state index in [1.807, 2.05) is 30.3 Å². The van der Waals surface area contributed by atoms with Gasteiger partial charge in [-0.2, -0.15) is 0 Å². The Bertz CT molecular complexity index is 710. The van der Waals surface area contributed by atoms with Crippen molar-refractivity contribution in [1.82, 2.24) is 0 Å². The van der Waals surface area contributed by atoms with Crippen molar-refractivity contribution in [3.8, 4) is 5.75 Å². The maximum absolute atomic E-state index is 11.8. The molecular weight excluding hydrogens is 286 g/mol. The lowest BCUT2D eigenvalue weighted by atomic mass is 10.2. The topological polar surface area (TPSA) is 89.7 Å². The zero-order valence-electron chi connectivity index (χ0n) is 11.5. The molecule has 0 heterocycles. The zero-order chi connectivity index (χ0) is 15.9. The van der Waals surface area contributed by atoms with Gasteiger partial charge in [0.15, 0.2) is 0 Å². The predicted molar refractivity (Wildman–Crippen MR) is 80.5 cm³/mol. The van der Waals surface area contributed by atoms with Crippen LogP contribution in [0.25, 0.3) is 6.08 Å². The minimum atomic E-state index is -0.820. The summed E-state index contributed by atoms with van der Waals surface area (Å²) >= 11 is 0. The van der Waals surface area contributed by atoms with E-state index in [1.165, 1.54) is 0 Å². The summed E-state index contributed by atoms with van der Waals surface area (Å²) in [5.41, 5.74) is 0.434. The summed E-state index contributed by atoms with van der Waals surface area (Å²) in [5, 5.41) is 20.2. The number of carbonyl (C=O) groups is 1. The number of phenolic OH excluding ortho intramolecular Hbond substituents is 1. The molecule has 2 aromatic rings. The minimum Gasteiger partial charge on any atom is -0.507 e. The third kappa shape index (κ3) is 3.92. The average Bonchev–Trinajstić information content (AvgIpc) is 2.52. The summed E-state index contributed by atoms with van der Waals surface area (Å²) in [6.45, 7) is -0.00411. The molecule has 0 unspecified atom stereocenters. The van der Waals surface area contributed by atoms with Crippen molar-refractivity contribution in [3.63, 3.8) is 0 Å². The lowest BCUT2D eigenvalue weighted by Gasteiger charge is -2.04. The highest BCUT2D eigenvalue weighted by atomic mass is 16.6. The van der Waals surface area contributed by atoms with Crippen LogP contribution in [0.15, 0.2) is 54.6 Å². The lowest BCUT2D eigenvalue weighted by molar-refractivity contribution is -0.384. The number of benzene rings is 2. The average molecular weight is 299 g/mol. The van der Waals surface area contributed by atoms with Crippen molar-refractivity contribution in [2.24, 2.45) is 0 Å². The van der Waals surface area contributed by atoms with Gasteiger partial charge in [-0.25, -0.2) is 4.79 Å². The van der Waals surface area contributed by atoms with Gasteiger partial charge in [0, 0.05) is 12.1 Å². The fourth-order valence-electron chi connectivity index (χ4n) is 1.75. The molecule has 22 heavy (non-hydrogen) atoms. The van der Waals surface area contributed by atoms with Gasteiger partial charge >= 0.3 is 5.97 Å². The van der Waals surface area contributed by atoms with Crippen LogP contribution in [0.1, 0.15) is 15.9 Å². The normalized spacial score (nSPS) is 10.5. The largest absolute Gasteiger partial charge is 0.507 e. The second-order valence-electron chi connectivity index (χ2n) is 4.37. The monoisotopic (exact) mass is 299 g/mol. The van der Waals surface area contributed by atoms with Crippen molar-refractivity contribution in [2.45, 2.75) is 0 Å². The van der Waals surface area contributed by atoms with Crippen molar-refractivity contribution in [3.05, 3.63) is 75.8 Å². The maximum Gasteiger partial charge on any atom is 0.342 e. The molecule has 6 heteroatoms. The van der Waals surface area contributed by atoms with Gasteiger partial charge in [-0.1, -0.05) is 36.4 Å². The van der Waals surface area contributed by atoms with Crippen molar-refractivity contribution < 1.29 is 19.6 Å². The first kappa shape index (κ1) is 15.2. The van der Waals surface area contributed by atoms with Gasteiger partial charge in [0.05, 0.1) is 4.92 Å². The van der Waals surface area contributed by atoms with Crippen LogP contribution in [0.4, 0.5) is 5.69 Å². The van der Waals surface area contributed by atoms with E-state index in [0.717, 1.165) is 23.8 Å². The standard InChI is InChI=1S/C16H13NO5/c18-15-9-8-13(17(20)21)11-14(15)16(19)22-10-4-7-12-5-2-1-3-6-12/h1-9,11,18H,10H2/b7-4+. The van der Waals surface area contributed by atoms with E-state index in [4.69, 9.17) is 4.74 Å². The molecular formula is C16H13NO5. The van der Waals surface area contributed by atoms with Crippen molar-refractivity contribution >= 4 is 17.7 Å². The summed E-state index contributed by atoms with van der Waals surface area (Å²) in [6.07, 6.45) is 3.42. The van der Waals surface area contributed by atoms with Crippen molar-refractivity contribution in [2.75, 3.05) is 6.61 Å². The molecule has 0 aliphatic carbocycles. The van der Waals surface area contributed by atoms with Crippen LogP contribution in [0, 0.1) is 10.1 Å². The van der Waals surface area contributed by atoms with E-state index in [0.29, 0.717) is 0 Å². The highest BCUT2D eigenvalue weighted by molar-refractivity contribution is 5.93. The molecule has 0 atom stereocenters. The number of nitro benzene ring substituents is 1. The number of hydrogen-bond acceptors (Lipinski definition) is 5. The SMILES string of the molecule is O=C(OC/C=C/c1ccccc1)c1cc([N+](=O)[O-])ccc1O. The second kappa shape index (κ2) is 7.03. The minimum absolute atomic E-state index is 0.00411. The van der Waals surface area contributed by atoms with Crippen LogP contribution in [0.3, 0.4) is 0 Å². The Morgan fingerprint density at radius 3 is 2.64 bits per heavy atom. The van der Waals surface area contributed by atoms with Crippen molar-refractivity contribution in [1.29, 1.82) is 0 Å². The highest BCUT2D eigenvalue weighted by Gasteiger charge is 2.17. The second-order valence-corrected chi connectivity index (χ2v) is 4.37. The lowest BCUT2D eigenvalue weighted by Crippen LogP contribution is -2.06. The first-order valence-corrected chi connectivity index (χ1v) is 6.44. The Labute approximate surface area is 126 Å². The Kier molecular flexibility index (Phi) is 4.87. The van der Waals surface area contributed by atoms with Crippen LogP contribution >= 0.6 is 0 Å². The Morgan fingerprint density at radius 2 is 1.95 bits per heavy atom. The fraction of sp³-hybridized carbons (Fsp3) is 0.0625. The zero-order valence-corrected chi connectivity index (χ0v) is 11.5. The molecule has 0 bridgehead atoms.